The largest absolute Gasteiger partial charge is 0.339 e. The average Bonchev–Trinajstić information content (AvgIpc) is 2.25. The summed E-state index contributed by atoms with van der Waals surface area (Å²) in [6.07, 6.45) is 8.05. The molecule has 0 atom stereocenters. The number of hydrogen-bond acceptors (Lipinski definition) is 1. The number of carbonyl (C=O) groups is 1. The Morgan fingerprint density at radius 3 is 2.24 bits per heavy atom. The molecule has 0 unspecified atom stereocenters. The molecule has 1 amide bonds. The molecule has 1 aliphatic rings. The number of nitrogens with zero attached hydrogens (tertiary/aromatic N) is 1. The lowest BCUT2D eigenvalue weighted by Crippen LogP contribution is -2.47. The molecule has 0 aromatic carbocycles. The Balaban J connectivity index is 2.58. The van der Waals surface area contributed by atoms with Crippen LogP contribution in [-0.4, -0.2) is 28.7 Å². The van der Waals surface area contributed by atoms with Gasteiger partial charge in [-0.25, -0.2) is 0 Å². The number of rotatable bonds is 8. The maximum atomic E-state index is 12.6. The van der Waals surface area contributed by atoms with Crippen LogP contribution in [0.1, 0.15) is 58.8 Å². The monoisotopic (exact) mass is 303 g/mol. The van der Waals surface area contributed by atoms with E-state index in [-0.39, 0.29) is 5.92 Å². The van der Waals surface area contributed by atoms with Crippen molar-refractivity contribution in [1.82, 2.24) is 4.90 Å². The van der Waals surface area contributed by atoms with Gasteiger partial charge in [-0.3, -0.25) is 4.79 Å². The second-order valence-corrected chi connectivity index (χ2v) is 5.87. The van der Waals surface area contributed by atoms with Crippen molar-refractivity contribution in [1.29, 1.82) is 0 Å². The summed E-state index contributed by atoms with van der Waals surface area (Å²) in [6, 6.07) is 0.538. The molecule has 100 valence electrons. The maximum absolute atomic E-state index is 12.6. The molecule has 0 bridgehead atoms. The van der Waals surface area contributed by atoms with Gasteiger partial charge in [0.2, 0.25) is 5.91 Å². The third kappa shape index (κ3) is 4.27. The van der Waals surface area contributed by atoms with E-state index in [4.69, 9.17) is 0 Å². The van der Waals surface area contributed by atoms with Gasteiger partial charge in [-0.2, -0.15) is 0 Å². The van der Waals surface area contributed by atoms with Crippen LogP contribution in [0.25, 0.3) is 0 Å². The van der Waals surface area contributed by atoms with Crippen LogP contribution in [0.5, 0.6) is 0 Å². The van der Waals surface area contributed by atoms with Crippen molar-refractivity contribution in [2.75, 3.05) is 11.9 Å². The quantitative estimate of drug-likeness (QED) is 0.621. The molecule has 0 aromatic rings. The normalized spacial score (nSPS) is 16.0. The highest BCUT2D eigenvalue weighted by Crippen LogP contribution is 2.28. The molecular weight excluding hydrogens is 278 g/mol. The van der Waals surface area contributed by atoms with Crippen LogP contribution < -0.4 is 0 Å². The number of halogens is 1. The molecule has 0 spiro atoms. The first kappa shape index (κ1) is 15.0. The molecule has 1 aliphatic carbocycles. The lowest BCUT2D eigenvalue weighted by Gasteiger charge is -2.39. The van der Waals surface area contributed by atoms with Crippen molar-refractivity contribution in [3.05, 3.63) is 0 Å². The lowest BCUT2D eigenvalue weighted by molar-refractivity contribution is -0.139. The maximum Gasteiger partial charge on any atom is 0.225 e. The zero-order chi connectivity index (χ0) is 12.7. The van der Waals surface area contributed by atoms with Crippen LogP contribution in [0.3, 0.4) is 0 Å². The predicted octanol–water partition coefficient (Wildman–Crippen LogP) is 3.98. The van der Waals surface area contributed by atoms with E-state index < -0.39 is 0 Å². The van der Waals surface area contributed by atoms with E-state index in [0.29, 0.717) is 11.9 Å². The van der Waals surface area contributed by atoms with E-state index >= 15 is 0 Å². The minimum absolute atomic E-state index is 0.268. The topological polar surface area (TPSA) is 20.3 Å². The second kappa shape index (κ2) is 8.12. The minimum Gasteiger partial charge on any atom is -0.339 e. The summed E-state index contributed by atoms with van der Waals surface area (Å²) in [4.78, 5) is 14.7. The van der Waals surface area contributed by atoms with E-state index in [1.165, 1.54) is 19.3 Å². The van der Waals surface area contributed by atoms with E-state index in [2.05, 4.69) is 34.7 Å². The van der Waals surface area contributed by atoms with Crippen LogP contribution in [0.2, 0.25) is 0 Å². The van der Waals surface area contributed by atoms with Gasteiger partial charge in [0.05, 0.1) is 0 Å². The second-order valence-electron chi connectivity index (χ2n) is 5.08. The van der Waals surface area contributed by atoms with Crippen LogP contribution in [0.4, 0.5) is 0 Å². The molecule has 0 aliphatic heterocycles. The van der Waals surface area contributed by atoms with Gasteiger partial charge in [-0.05, 0) is 32.1 Å². The van der Waals surface area contributed by atoms with Gasteiger partial charge >= 0.3 is 0 Å². The van der Waals surface area contributed by atoms with Gasteiger partial charge in [0, 0.05) is 23.8 Å². The van der Waals surface area contributed by atoms with Crippen molar-refractivity contribution >= 4 is 21.8 Å². The highest BCUT2D eigenvalue weighted by atomic mass is 79.9. The fourth-order valence-electron chi connectivity index (χ4n) is 2.58. The van der Waals surface area contributed by atoms with Gasteiger partial charge in [-0.1, -0.05) is 42.6 Å². The smallest absolute Gasteiger partial charge is 0.225 e. The Labute approximate surface area is 114 Å². The number of hydrogen-bond donors (Lipinski definition) is 0. The average molecular weight is 304 g/mol. The molecule has 0 radical (unpaired) electrons. The molecule has 2 nitrogen and oxygen atoms in total. The van der Waals surface area contributed by atoms with Gasteiger partial charge in [0.15, 0.2) is 0 Å². The molecule has 1 saturated carbocycles. The Bertz CT molecular complexity index is 222. The Morgan fingerprint density at radius 2 is 1.88 bits per heavy atom. The molecule has 3 heteroatoms. The molecule has 17 heavy (non-hydrogen) atoms. The van der Waals surface area contributed by atoms with E-state index in [1.54, 1.807) is 0 Å². The third-order valence-electron chi connectivity index (χ3n) is 3.75. The number of alkyl halides is 1. The van der Waals surface area contributed by atoms with Gasteiger partial charge in [-0.15, -0.1) is 0 Å². The fraction of sp³-hybridized carbons (Fsp3) is 0.929. The first-order valence-corrected chi connectivity index (χ1v) is 8.23. The van der Waals surface area contributed by atoms with E-state index in [0.717, 1.165) is 37.6 Å². The molecule has 1 fully saturated rings. The summed E-state index contributed by atoms with van der Waals surface area (Å²) < 4.78 is 0. The summed E-state index contributed by atoms with van der Waals surface area (Å²) in [5, 5.41) is 0.903. The number of carbonyl (C=O) groups excluding carboxylic acids is 1. The van der Waals surface area contributed by atoms with Crippen molar-refractivity contribution in [2.45, 2.75) is 64.8 Å². The first-order valence-electron chi connectivity index (χ1n) is 7.11. The Kier molecular flexibility index (Phi) is 7.17. The summed E-state index contributed by atoms with van der Waals surface area (Å²) >= 11 is 3.47. The molecule has 0 heterocycles. The summed E-state index contributed by atoms with van der Waals surface area (Å²) in [6.45, 7) is 5.23. The lowest BCUT2D eigenvalue weighted by atomic mass is 9.89. The molecule has 0 aromatic heterocycles. The van der Waals surface area contributed by atoms with Crippen LogP contribution in [0.15, 0.2) is 0 Å². The van der Waals surface area contributed by atoms with Crippen molar-refractivity contribution < 1.29 is 4.79 Å². The molecule has 1 rings (SSSR count). The van der Waals surface area contributed by atoms with Crippen molar-refractivity contribution in [2.24, 2.45) is 5.92 Å². The highest BCUT2D eigenvalue weighted by Gasteiger charge is 2.31. The zero-order valence-electron chi connectivity index (χ0n) is 11.3. The van der Waals surface area contributed by atoms with Gasteiger partial charge in [0.25, 0.3) is 0 Å². The standard InChI is InChI=1S/C14H26BrNO/c1-3-6-12(7-4-2)14(17)16(11-10-15)13-8-5-9-13/h12-13H,3-11H2,1-2H3. The van der Waals surface area contributed by atoms with E-state index in [1.807, 2.05) is 0 Å². The van der Waals surface area contributed by atoms with Crippen LogP contribution >= 0.6 is 15.9 Å². The third-order valence-corrected chi connectivity index (χ3v) is 4.10. The minimum atomic E-state index is 0.268. The van der Waals surface area contributed by atoms with E-state index in [9.17, 15) is 4.79 Å². The number of amides is 1. The fourth-order valence-corrected chi connectivity index (χ4v) is 2.97. The molecular formula is C14H26BrNO. The summed E-state index contributed by atoms with van der Waals surface area (Å²) in [5.74, 6) is 0.683. The zero-order valence-corrected chi connectivity index (χ0v) is 12.8. The predicted molar refractivity (Wildman–Crippen MR) is 76.5 cm³/mol. The van der Waals surface area contributed by atoms with Gasteiger partial charge in [0.1, 0.15) is 0 Å². The Morgan fingerprint density at radius 1 is 1.29 bits per heavy atom. The Hall–Kier alpha value is -0.0500. The molecule has 0 saturated heterocycles. The molecule has 0 N–H and O–H groups in total. The summed E-state index contributed by atoms with van der Waals surface area (Å²) in [7, 11) is 0. The SMILES string of the molecule is CCCC(CCC)C(=O)N(CCBr)C1CCC1. The van der Waals surface area contributed by atoms with Crippen molar-refractivity contribution in [3.63, 3.8) is 0 Å². The highest BCUT2D eigenvalue weighted by molar-refractivity contribution is 9.09. The first-order chi connectivity index (χ1) is 8.24. The summed E-state index contributed by atoms with van der Waals surface area (Å²) in [5.41, 5.74) is 0. The van der Waals surface area contributed by atoms with Crippen molar-refractivity contribution in [3.8, 4) is 0 Å². The van der Waals surface area contributed by atoms with Gasteiger partial charge < -0.3 is 4.90 Å². The van der Waals surface area contributed by atoms with Crippen LogP contribution in [0, 0.1) is 5.92 Å². The van der Waals surface area contributed by atoms with Crippen LogP contribution in [-0.2, 0) is 4.79 Å².